The van der Waals surface area contributed by atoms with Gasteiger partial charge in [-0.05, 0) is 56.7 Å². The van der Waals surface area contributed by atoms with Crippen LogP contribution in [0.25, 0.3) is 0 Å². The molecular weight excluding hydrogens is 366 g/mol. The molecule has 29 heavy (non-hydrogen) atoms. The van der Waals surface area contributed by atoms with Crippen molar-refractivity contribution >= 4 is 23.2 Å². The predicted molar refractivity (Wildman–Crippen MR) is 114 cm³/mol. The van der Waals surface area contributed by atoms with Crippen molar-refractivity contribution in [1.82, 2.24) is 5.32 Å². The van der Waals surface area contributed by atoms with E-state index in [4.69, 9.17) is 4.74 Å². The van der Waals surface area contributed by atoms with E-state index in [1.807, 2.05) is 18.2 Å². The number of anilines is 2. The summed E-state index contributed by atoms with van der Waals surface area (Å²) in [4.78, 5) is 27.9. The van der Waals surface area contributed by atoms with Crippen molar-refractivity contribution in [2.45, 2.75) is 63.9 Å². The van der Waals surface area contributed by atoms with Gasteiger partial charge in [0, 0.05) is 43.5 Å². The fraction of sp³-hybridized carbons (Fsp3) is 0.652. The minimum Gasteiger partial charge on any atom is -0.376 e. The van der Waals surface area contributed by atoms with E-state index in [2.05, 4.69) is 15.5 Å². The first-order valence-electron chi connectivity index (χ1n) is 11.3. The number of benzene rings is 1. The van der Waals surface area contributed by atoms with Gasteiger partial charge in [0.05, 0.1) is 11.7 Å². The molecule has 2 amide bonds. The van der Waals surface area contributed by atoms with Crippen molar-refractivity contribution in [2.75, 3.05) is 36.5 Å². The van der Waals surface area contributed by atoms with Crippen molar-refractivity contribution in [1.29, 1.82) is 0 Å². The maximum absolute atomic E-state index is 13.0. The van der Waals surface area contributed by atoms with Crippen molar-refractivity contribution in [3.63, 3.8) is 0 Å². The standard InChI is InChI=1S/C23H33N3O3/c27-22(17-7-2-1-3-8-17)25-18-10-11-21(26-12-4-5-13-26)20(15-18)23(28)24-16-19-9-6-14-29-19/h10-11,15,17,19H,1-9,12-14,16H2,(H,24,28)(H,25,27). The van der Waals surface area contributed by atoms with E-state index in [9.17, 15) is 9.59 Å². The first kappa shape index (κ1) is 20.2. The molecule has 0 aromatic heterocycles. The van der Waals surface area contributed by atoms with Crippen LogP contribution in [0, 0.1) is 5.92 Å². The Bertz CT molecular complexity index is 718. The van der Waals surface area contributed by atoms with Crippen LogP contribution >= 0.6 is 0 Å². The first-order chi connectivity index (χ1) is 14.2. The quantitative estimate of drug-likeness (QED) is 0.765. The molecule has 1 aliphatic carbocycles. The lowest BCUT2D eigenvalue weighted by Crippen LogP contribution is -2.33. The summed E-state index contributed by atoms with van der Waals surface area (Å²) in [5.41, 5.74) is 2.32. The molecule has 2 aliphatic heterocycles. The zero-order valence-corrected chi connectivity index (χ0v) is 17.3. The molecule has 1 unspecified atom stereocenters. The Labute approximate surface area is 173 Å². The van der Waals surface area contributed by atoms with Crippen molar-refractivity contribution in [2.24, 2.45) is 5.92 Å². The maximum atomic E-state index is 13.0. The summed E-state index contributed by atoms with van der Waals surface area (Å²) in [6, 6.07) is 5.77. The highest BCUT2D eigenvalue weighted by molar-refractivity contribution is 6.02. The number of ether oxygens (including phenoxy) is 1. The van der Waals surface area contributed by atoms with Crippen molar-refractivity contribution in [3.05, 3.63) is 23.8 Å². The fourth-order valence-electron chi connectivity index (χ4n) is 4.75. The second-order valence-electron chi connectivity index (χ2n) is 8.60. The van der Waals surface area contributed by atoms with Gasteiger partial charge in [0.15, 0.2) is 0 Å². The summed E-state index contributed by atoms with van der Waals surface area (Å²) in [5, 5.41) is 6.11. The average molecular weight is 400 g/mol. The molecule has 2 saturated heterocycles. The SMILES string of the molecule is O=C(NCC1CCCO1)c1cc(NC(=O)C2CCCCC2)ccc1N1CCCC1. The lowest BCUT2D eigenvalue weighted by Gasteiger charge is -2.23. The Morgan fingerprint density at radius 2 is 1.79 bits per heavy atom. The molecule has 1 aromatic carbocycles. The number of carbonyl (C=O) groups excluding carboxylic acids is 2. The van der Waals surface area contributed by atoms with Gasteiger partial charge in [-0.2, -0.15) is 0 Å². The van der Waals surface area contributed by atoms with Gasteiger partial charge in [0.2, 0.25) is 5.91 Å². The molecule has 0 spiro atoms. The third kappa shape index (κ3) is 5.10. The zero-order chi connectivity index (χ0) is 20.1. The summed E-state index contributed by atoms with van der Waals surface area (Å²) >= 11 is 0. The highest BCUT2D eigenvalue weighted by Crippen LogP contribution is 2.29. The van der Waals surface area contributed by atoms with Gasteiger partial charge in [0.25, 0.3) is 5.91 Å². The van der Waals surface area contributed by atoms with E-state index in [0.717, 1.165) is 76.8 Å². The molecule has 4 rings (SSSR count). The lowest BCUT2D eigenvalue weighted by molar-refractivity contribution is -0.120. The van der Waals surface area contributed by atoms with Crippen LogP contribution in [0.2, 0.25) is 0 Å². The maximum Gasteiger partial charge on any atom is 0.253 e. The number of nitrogens with zero attached hydrogens (tertiary/aromatic N) is 1. The molecule has 6 heteroatoms. The normalized spacial score (nSPS) is 22.6. The third-order valence-corrected chi connectivity index (χ3v) is 6.45. The minimum absolute atomic E-state index is 0.0869. The highest BCUT2D eigenvalue weighted by atomic mass is 16.5. The Morgan fingerprint density at radius 3 is 2.52 bits per heavy atom. The Hall–Kier alpha value is -2.08. The molecule has 6 nitrogen and oxygen atoms in total. The van der Waals surface area contributed by atoms with E-state index < -0.39 is 0 Å². The average Bonchev–Trinajstić information content (AvgIpc) is 3.47. The van der Waals surface area contributed by atoms with Crippen LogP contribution < -0.4 is 15.5 Å². The summed E-state index contributed by atoms with van der Waals surface area (Å²) in [5.74, 6) is 0.0966. The second kappa shape index (κ2) is 9.61. The molecule has 0 radical (unpaired) electrons. The molecule has 2 heterocycles. The van der Waals surface area contributed by atoms with Gasteiger partial charge in [-0.15, -0.1) is 0 Å². The minimum atomic E-state index is -0.0869. The molecular formula is C23H33N3O3. The fourth-order valence-corrected chi connectivity index (χ4v) is 4.75. The molecule has 1 atom stereocenters. The van der Waals surface area contributed by atoms with E-state index >= 15 is 0 Å². The van der Waals surface area contributed by atoms with Gasteiger partial charge in [0.1, 0.15) is 0 Å². The third-order valence-electron chi connectivity index (χ3n) is 6.45. The second-order valence-corrected chi connectivity index (χ2v) is 8.60. The van der Waals surface area contributed by atoms with Gasteiger partial charge >= 0.3 is 0 Å². The summed E-state index contributed by atoms with van der Waals surface area (Å²) < 4.78 is 5.63. The molecule has 3 aliphatic rings. The largest absolute Gasteiger partial charge is 0.376 e. The molecule has 158 valence electrons. The van der Waals surface area contributed by atoms with Gasteiger partial charge in [-0.3, -0.25) is 9.59 Å². The predicted octanol–water partition coefficient (Wildman–Crippen LogP) is 3.71. The Morgan fingerprint density at radius 1 is 1.00 bits per heavy atom. The van der Waals surface area contributed by atoms with E-state index in [0.29, 0.717) is 17.8 Å². The number of carbonyl (C=O) groups is 2. The zero-order valence-electron chi connectivity index (χ0n) is 17.3. The molecule has 0 bridgehead atoms. The van der Waals surface area contributed by atoms with Crippen LogP contribution in [0.3, 0.4) is 0 Å². The number of hydrogen-bond acceptors (Lipinski definition) is 4. The van der Waals surface area contributed by atoms with Crippen LogP contribution in [0.4, 0.5) is 11.4 Å². The molecule has 1 aromatic rings. The van der Waals surface area contributed by atoms with Gasteiger partial charge in [-0.1, -0.05) is 19.3 Å². The number of hydrogen-bond donors (Lipinski definition) is 2. The summed E-state index contributed by atoms with van der Waals surface area (Å²) in [6.45, 7) is 3.26. The smallest absolute Gasteiger partial charge is 0.253 e. The van der Waals surface area contributed by atoms with Gasteiger partial charge < -0.3 is 20.3 Å². The monoisotopic (exact) mass is 399 g/mol. The molecule has 3 fully saturated rings. The summed E-state index contributed by atoms with van der Waals surface area (Å²) in [7, 11) is 0. The van der Waals surface area contributed by atoms with Gasteiger partial charge in [-0.25, -0.2) is 0 Å². The van der Waals surface area contributed by atoms with Crippen LogP contribution in [0.1, 0.15) is 68.1 Å². The topological polar surface area (TPSA) is 70.7 Å². The van der Waals surface area contributed by atoms with Crippen molar-refractivity contribution < 1.29 is 14.3 Å². The highest BCUT2D eigenvalue weighted by Gasteiger charge is 2.24. The Kier molecular flexibility index (Phi) is 6.70. The van der Waals surface area contributed by atoms with Crippen LogP contribution in [0.15, 0.2) is 18.2 Å². The Balaban J connectivity index is 1.48. The lowest BCUT2D eigenvalue weighted by atomic mass is 9.88. The van der Waals surface area contributed by atoms with Crippen molar-refractivity contribution in [3.8, 4) is 0 Å². The van der Waals surface area contributed by atoms with E-state index in [-0.39, 0.29) is 23.8 Å². The summed E-state index contributed by atoms with van der Waals surface area (Å²) in [6.07, 6.45) is 9.88. The number of rotatable bonds is 6. The number of amides is 2. The van der Waals surface area contributed by atoms with E-state index in [1.54, 1.807) is 0 Å². The molecule has 1 saturated carbocycles. The van der Waals surface area contributed by atoms with Crippen LogP contribution in [-0.4, -0.2) is 44.2 Å². The van der Waals surface area contributed by atoms with Crippen LogP contribution in [-0.2, 0) is 9.53 Å². The van der Waals surface area contributed by atoms with E-state index in [1.165, 1.54) is 6.42 Å². The number of nitrogens with one attached hydrogen (secondary N) is 2. The molecule has 2 N–H and O–H groups in total. The van der Waals surface area contributed by atoms with Crippen LogP contribution in [0.5, 0.6) is 0 Å². The first-order valence-corrected chi connectivity index (χ1v) is 11.3.